The van der Waals surface area contributed by atoms with E-state index in [9.17, 15) is 0 Å². The van der Waals surface area contributed by atoms with Crippen molar-refractivity contribution in [3.63, 3.8) is 0 Å². The third kappa shape index (κ3) is 3.21. The minimum Gasteiger partial charge on any atom is -0.304 e. The first-order valence-corrected chi connectivity index (χ1v) is 4.61. The zero-order valence-corrected chi connectivity index (χ0v) is 7.79. The van der Waals surface area contributed by atoms with E-state index in [2.05, 4.69) is 22.9 Å². The van der Waals surface area contributed by atoms with Gasteiger partial charge in [0.2, 0.25) is 0 Å². The van der Waals surface area contributed by atoms with E-state index in [0.29, 0.717) is 6.42 Å². The largest absolute Gasteiger partial charge is 0.304 e. The monoisotopic (exact) mass is 167 g/mol. The molecule has 0 aromatic carbocycles. The van der Waals surface area contributed by atoms with Gasteiger partial charge in [0.15, 0.2) is 0 Å². The van der Waals surface area contributed by atoms with Crippen LogP contribution in [0.2, 0.25) is 0 Å². The van der Waals surface area contributed by atoms with E-state index in [4.69, 9.17) is 5.26 Å². The van der Waals surface area contributed by atoms with E-state index in [0.717, 1.165) is 13.0 Å². The fraction of sp³-hybridized carbons (Fsp3) is 0.889. The maximum Gasteiger partial charge on any atom is 0.0622 e. The Labute approximate surface area is 74.6 Å². The van der Waals surface area contributed by atoms with E-state index >= 15 is 0 Å². The molecule has 68 valence electrons. The van der Waals surface area contributed by atoms with Crippen molar-refractivity contribution >= 4 is 0 Å². The Kier molecular flexibility index (Phi) is 4.06. The van der Waals surface area contributed by atoms with Crippen LogP contribution < -0.4 is 0 Å². The molecule has 0 aromatic rings. The number of hydrogen-bond acceptors (Lipinski definition) is 3. The first kappa shape index (κ1) is 9.50. The lowest BCUT2D eigenvalue weighted by Crippen LogP contribution is -2.44. The van der Waals surface area contributed by atoms with Crippen LogP contribution in [0.5, 0.6) is 0 Å². The summed E-state index contributed by atoms with van der Waals surface area (Å²) in [6.07, 6.45) is 1.73. The predicted octanol–water partition coefficient (Wildman–Crippen LogP) is 0.538. The summed E-state index contributed by atoms with van der Waals surface area (Å²) < 4.78 is 0. The quantitative estimate of drug-likeness (QED) is 0.575. The summed E-state index contributed by atoms with van der Waals surface area (Å²) in [4.78, 5) is 4.79. The number of hydrogen-bond donors (Lipinski definition) is 0. The van der Waals surface area contributed by atoms with Gasteiger partial charge in [-0.2, -0.15) is 5.26 Å². The second-order valence-corrected chi connectivity index (χ2v) is 3.41. The van der Waals surface area contributed by atoms with Crippen molar-refractivity contribution in [3.05, 3.63) is 0 Å². The Morgan fingerprint density at radius 3 is 2.50 bits per heavy atom. The Morgan fingerprint density at radius 2 is 1.92 bits per heavy atom. The van der Waals surface area contributed by atoms with E-state index in [1.807, 2.05) is 0 Å². The SMILES string of the molecule is CN1CCN(CCCC#N)CC1. The molecule has 0 amide bonds. The zero-order chi connectivity index (χ0) is 8.81. The molecule has 3 heteroatoms. The van der Waals surface area contributed by atoms with Crippen molar-refractivity contribution < 1.29 is 0 Å². The molecule has 0 unspecified atom stereocenters. The molecule has 0 aromatic heterocycles. The van der Waals surface area contributed by atoms with Gasteiger partial charge in [0.1, 0.15) is 0 Å². The van der Waals surface area contributed by atoms with Crippen molar-refractivity contribution in [1.82, 2.24) is 9.80 Å². The van der Waals surface area contributed by atoms with Gasteiger partial charge in [-0.05, 0) is 20.0 Å². The molecular weight excluding hydrogens is 150 g/mol. The molecule has 1 saturated heterocycles. The van der Waals surface area contributed by atoms with Gasteiger partial charge < -0.3 is 9.80 Å². The highest BCUT2D eigenvalue weighted by molar-refractivity contribution is 4.73. The van der Waals surface area contributed by atoms with Crippen LogP contribution >= 0.6 is 0 Å². The normalized spacial score (nSPS) is 20.7. The van der Waals surface area contributed by atoms with Gasteiger partial charge >= 0.3 is 0 Å². The van der Waals surface area contributed by atoms with Crippen molar-refractivity contribution in [2.45, 2.75) is 12.8 Å². The summed E-state index contributed by atoms with van der Waals surface area (Å²) in [6.45, 7) is 5.78. The molecule has 3 nitrogen and oxygen atoms in total. The summed E-state index contributed by atoms with van der Waals surface area (Å²) in [7, 11) is 2.16. The lowest BCUT2D eigenvalue weighted by Gasteiger charge is -2.32. The maximum absolute atomic E-state index is 8.36. The molecule has 1 rings (SSSR count). The molecule has 0 saturated carbocycles. The molecule has 0 radical (unpaired) electrons. The maximum atomic E-state index is 8.36. The van der Waals surface area contributed by atoms with Crippen LogP contribution in [0, 0.1) is 11.3 Å². The summed E-state index contributed by atoms with van der Waals surface area (Å²) >= 11 is 0. The first-order chi connectivity index (χ1) is 5.83. The van der Waals surface area contributed by atoms with Gasteiger partial charge in [0.25, 0.3) is 0 Å². The minimum atomic E-state index is 0.701. The average molecular weight is 167 g/mol. The summed E-state index contributed by atoms with van der Waals surface area (Å²) in [5.41, 5.74) is 0. The van der Waals surface area contributed by atoms with Gasteiger partial charge in [-0.1, -0.05) is 0 Å². The lowest BCUT2D eigenvalue weighted by atomic mass is 10.2. The van der Waals surface area contributed by atoms with Crippen LogP contribution in [0.4, 0.5) is 0 Å². The molecule has 0 bridgehead atoms. The molecule has 0 spiro atoms. The minimum absolute atomic E-state index is 0.701. The van der Waals surface area contributed by atoms with Crippen LogP contribution in [0.15, 0.2) is 0 Å². The Bertz CT molecular complexity index is 154. The van der Waals surface area contributed by atoms with E-state index in [-0.39, 0.29) is 0 Å². The number of unbranched alkanes of at least 4 members (excludes halogenated alkanes) is 1. The number of rotatable bonds is 3. The van der Waals surface area contributed by atoms with Crippen LogP contribution in [0.1, 0.15) is 12.8 Å². The fourth-order valence-electron chi connectivity index (χ4n) is 1.45. The molecule has 1 aliphatic heterocycles. The van der Waals surface area contributed by atoms with Crippen LogP contribution in [0.3, 0.4) is 0 Å². The number of nitriles is 1. The highest BCUT2D eigenvalue weighted by atomic mass is 15.2. The number of likely N-dealkylation sites (N-methyl/N-ethyl adjacent to an activating group) is 1. The molecule has 1 heterocycles. The molecule has 0 aliphatic carbocycles. The van der Waals surface area contributed by atoms with Gasteiger partial charge in [-0.3, -0.25) is 0 Å². The average Bonchev–Trinajstić information content (AvgIpc) is 2.09. The van der Waals surface area contributed by atoms with E-state index < -0.39 is 0 Å². The molecular formula is C9H17N3. The standard InChI is InChI=1S/C9H17N3/c1-11-6-8-12(9-7-11)5-3-2-4-10/h2-3,5-9H2,1H3. The van der Waals surface area contributed by atoms with Crippen LogP contribution in [-0.2, 0) is 0 Å². The summed E-state index contributed by atoms with van der Waals surface area (Å²) in [5.74, 6) is 0. The second kappa shape index (κ2) is 5.13. The van der Waals surface area contributed by atoms with Crippen LogP contribution in [-0.4, -0.2) is 49.6 Å². The molecule has 1 fully saturated rings. The summed E-state index contributed by atoms with van der Waals surface area (Å²) in [5, 5.41) is 8.36. The Morgan fingerprint density at radius 1 is 1.25 bits per heavy atom. The van der Waals surface area contributed by atoms with Gasteiger partial charge in [0.05, 0.1) is 6.07 Å². The molecule has 1 aliphatic rings. The Hall–Kier alpha value is -0.590. The smallest absolute Gasteiger partial charge is 0.0622 e. The zero-order valence-electron chi connectivity index (χ0n) is 7.79. The predicted molar refractivity (Wildman–Crippen MR) is 48.8 cm³/mol. The molecule has 0 atom stereocenters. The molecule has 0 N–H and O–H groups in total. The van der Waals surface area contributed by atoms with Crippen molar-refractivity contribution in [3.8, 4) is 6.07 Å². The van der Waals surface area contributed by atoms with E-state index in [1.54, 1.807) is 0 Å². The van der Waals surface area contributed by atoms with E-state index in [1.165, 1.54) is 26.2 Å². The van der Waals surface area contributed by atoms with Gasteiger partial charge in [0, 0.05) is 32.6 Å². The highest BCUT2D eigenvalue weighted by Gasteiger charge is 2.12. The summed E-state index contributed by atoms with van der Waals surface area (Å²) in [6, 6.07) is 2.18. The third-order valence-electron chi connectivity index (χ3n) is 2.36. The van der Waals surface area contributed by atoms with Crippen LogP contribution in [0.25, 0.3) is 0 Å². The number of piperazine rings is 1. The van der Waals surface area contributed by atoms with Crippen molar-refractivity contribution in [2.75, 3.05) is 39.8 Å². The van der Waals surface area contributed by atoms with Gasteiger partial charge in [-0.15, -0.1) is 0 Å². The first-order valence-electron chi connectivity index (χ1n) is 4.61. The number of nitrogens with zero attached hydrogens (tertiary/aromatic N) is 3. The second-order valence-electron chi connectivity index (χ2n) is 3.41. The lowest BCUT2D eigenvalue weighted by molar-refractivity contribution is 0.153. The van der Waals surface area contributed by atoms with Gasteiger partial charge in [-0.25, -0.2) is 0 Å². The third-order valence-corrected chi connectivity index (χ3v) is 2.36. The van der Waals surface area contributed by atoms with Crippen molar-refractivity contribution in [2.24, 2.45) is 0 Å². The highest BCUT2D eigenvalue weighted by Crippen LogP contribution is 2.00. The fourth-order valence-corrected chi connectivity index (χ4v) is 1.45. The Balaban J connectivity index is 2.06. The molecule has 12 heavy (non-hydrogen) atoms. The van der Waals surface area contributed by atoms with Crippen molar-refractivity contribution in [1.29, 1.82) is 5.26 Å². The topological polar surface area (TPSA) is 30.3 Å².